The smallest absolute Gasteiger partial charge is 0.345 e. The molecule has 0 saturated carbocycles. The predicted octanol–water partition coefficient (Wildman–Crippen LogP) is 3.71. The van der Waals surface area contributed by atoms with E-state index in [0.29, 0.717) is 5.56 Å². The Hall–Kier alpha value is -2.40. The van der Waals surface area contributed by atoms with E-state index in [0.717, 1.165) is 16.5 Å². The van der Waals surface area contributed by atoms with Crippen molar-refractivity contribution >= 4 is 40.5 Å². The van der Waals surface area contributed by atoms with Crippen molar-refractivity contribution in [2.45, 2.75) is 20.8 Å². The fourth-order valence-electron chi connectivity index (χ4n) is 2.29. The zero-order valence-electron chi connectivity index (χ0n) is 13.8. The molecule has 0 unspecified atom stereocenters. The van der Waals surface area contributed by atoms with Crippen LogP contribution in [0.2, 0.25) is 5.15 Å². The van der Waals surface area contributed by atoms with E-state index in [1.165, 1.54) is 6.08 Å². The molecule has 0 N–H and O–H groups in total. The largest absolute Gasteiger partial charge is 0.462 e. The SMILES string of the molecule is CCOC(=O)C(=Cc1c(Cl)nc2ccccc2c1C)C(=O)OCC. The molecule has 0 aliphatic rings. The predicted molar refractivity (Wildman–Crippen MR) is 92.7 cm³/mol. The minimum Gasteiger partial charge on any atom is -0.462 e. The lowest BCUT2D eigenvalue weighted by atomic mass is 10.0. The molecular formula is C18H18ClNO4. The van der Waals surface area contributed by atoms with Crippen molar-refractivity contribution in [2.75, 3.05) is 13.2 Å². The lowest BCUT2D eigenvalue weighted by Crippen LogP contribution is -2.18. The van der Waals surface area contributed by atoms with Gasteiger partial charge in [-0.15, -0.1) is 0 Å². The summed E-state index contributed by atoms with van der Waals surface area (Å²) in [4.78, 5) is 28.5. The first-order valence-electron chi connectivity index (χ1n) is 7.60. The van der Waals surface area contributed by atoms with Crippen LogP contribution in [0.1, 0.15) is 25.0 Å². The molecule has 0 aliphatic heterocycles. The molecule has 0 radical (unpaired) electrons. The van der Waals surface area contributed by atoms with Crippen LogP contribution in [0.25, 0.3) is 17.0 Å². The number of hydrogen-bond acceptors (Lipinski definition) is 5. The molecule has 1 aromatic heterocycles. The topological polar surface area (TPSA) is 65.5 Å². The summed E-state index contributed by atoms with van der Waals surface area (Å²) >= 11 is 6.26. The molecule has 0 fully saturated rings. The van der Waals surface area contributed by atoms with Gasteiger partial charge in [-0.1, -0.05) is 29.8 Å². The fourth-order valence-corrected chi connectivity index (χ4v) is 2.57. The van der Waals surface area contributed by atoms with Crippen molar-refractivity contribution in [2.24, 2.45) is 0 Å². The molecule has 1 heterocycles. The molecular weight excluding hydrogens is 330 g/mol. The van der Waals surface area contributed by atoms with E-state index in [9.17, 15) is 9.59 Å². The molecule has 1 aromatic carbocycles. The minimum atomic E-state index is -0.750. The van der Waals surface area contributed by atoms with Gasteiger partial charge < -0.3 is 9.47 Å². The first-order chi connectivity index (χ1) is 11.5. The van der Waals surface area contributed by atoms with Crippen LogP contribution in [0.3, 0.4) is 0 Å². The van der Waals surface area contributed by atoms with Crippen LogP contribution in [0.4, 0.5) is 0 Å². The molecule has 0 bridgehead atoms. The van der Waals surface area contributed by atoms with E-state index in [2.05, 4.69) is 4.98 Å². The second kappa shape index (κ2) is 7.93. The molecule has 126 valence electrons. The summed E-state index contributed by atoms with van der Waals surface area (Å²) in [7, 11) is 0. The Kier molecular flexibility index (Phi) is 5.93. The number of para-hydroxylation sites is 1. The van der Waals surface area contributed by atoms with Gasteiger partial charge in [-0.05, 0) is 38.5 Å². The Bertz CT molecular complexity index is 794. The number of nitrogens with zero attached hydrogens (tertiary/aromatic N) is 1. The summed E-state index contributed by atoms with van der Waals surface area (Å²) < 4.78 is 9.88. The molecule has 2 aromatic rings. The molecule has 5 nitrogen and oxygen atoms in total. The zero-order chi connectivity index (χ0) is 17.7. The van der Waals surface area contributed by atoms with Gasteiger partial charge in [0.05, 0.1) is 18.7 Å². The highest BCUT2D eigenvalue weighted by atomic mass is 35.5. The zero-order valence-corrected chi connectivity index (χ0v) is 14.5. The monoisotopic (exact) mass is 347 g/mol. The van der Waals surface area contributed by atoms with Gasteiger partial charge in [-0.2, -0.15) is 0 Å². The number of ether oxygens (including phenoxy) is 2. The van der Waals surface area contributed by atoms with Crippen molar-refractivity contribution in [3.63, 3.8) is 0 Å². The molecule has 0 saturated heterocycles. The third-order valence-corrected chi connectivity index (χ3v) is 3.72. The summed E-state index contributed by atoms with van der Waals surface area (Å²) in [6.07, 6.45) is 1.38. The average Bonchev–Trinajstić information content (AvgIpc) is 2.55. The first kappa shape index (κ1) is 17.9. The summed E-state index contributed by atoms with van der Waals surface area (Å²) in [5, 5.41) is 1.09. The number of fused-ring (bicyclic) bond motifs is 1. The van der Waals surface area contributed by atoms with Crippen LogP contribution in [-0.2, 0) is 19.1 Å². The van der Waals surface area contributed by atoms with Gasteiger partial charge in [-0.3, -0.25) is 0 Å². The lowest BCUT2D eigenvalue weighted by Gasteiger charge is -2.10. The summed E-state index contributed by atoms with van der Waals surface area (Å²) in [6, 6.07) is 7.50. The minimum absolute atomic E-state index is 0.151. The highest BCUT2D eigenvalue weighted by Gasteiger charge is 2.22. The number of rotatable bonds is 5. The number of carbonyl (C=O) groups excluding carboxylic acids is 2. The number of carbonyl (C=O) groups is 2. The maximum Gasteiger partial charge on any atom is 0.345 e. The maximum atomic E-state index is 12.1. The van der Waals surface area contributed by atoms with Gasteiger partial charge in [0.15, 0.2) is 0 Å². The summed E-state index contributed by atoms with van der Waals surface area (Å²) in [5.74, 6) is -1.50. The van der Waals surface area contributed by atoms with Gasteiger partial charge >= 0.3 is 11.9 Å². The van der Waals surface area contributed by atoms with Crippen molar-refractivity contribution in [1.82, 2.24) is 4.98 Å². The van der Waals surface area contributed by atoms with E-state index in [1.807, 2.05) is 31.2 Å². The van der Waals surface area contributed by atoms with E-state index < -0.39 is 11.9 Å². The highest BCUT2D eigenvalue weighted by Crippen LogP contribution is 2.28. The number of halogens is 1. The van der Waals surface area contributed by atoms with Gasteiger partial charge in [0, 0.05) is 10.9 Å². The van der Waals surface area contributed by atoms with Gasteiger partial charge in [0.25, 0.3) is 0 Å². The van der Waals surface area contributed by atoms with E-state index in [4.69, 9.17) is 21.1 Å². The molecule has 0 aliphatic carbocycles. The Labute approximate surface area is 145 Å². The van der Waals surface area contributed by atoms with Crippen LogP contribution in [0, 0.1) is 6.92 Å². The number of pyridine rings is 1. The highest BCUT2D eigenvalue weighted by molar-refractivity contribution is 6.32. The average molecular weight is 348 g/mol. The first-order valence-corrected chi connectivity index (χ1v) is 7.98. The van der Waals surface area contributed by atoms with Crippen LogP contribution >= 0.6 is 11.6 Å². The second-order valence-corrected chi connectivity index (χ2v) is 5.32. The number of hydrogen-bond donors (Lipinski definition) is 0. The van der Waals surface area contributed by atoms with Crippen LogP contribution in [0.5, 0.6) is 0 Å². The molecule has 0 atom stereocenters. The van der Waals surface area contributed by atoms with Crippen molar-refractivity contribution in [3.8, 4) is 0 Å². The molecule has 0 amide bonds. The Morgan fingerprint density at radius 1 is 1.12 bits per heavy atom. The van der Waals surface area contributed by atoms with Gasteiger partial charge in [0.2, 0.25) is 0 Å². The van der Waals surface area contributed by atoms with E-state index in [1.54, 1.807) is 13.8 Å². The van der Waals surface area contributed by atoms with Crippen LogP contribution < -0.4 is 0 Å². The third-order valence-electron chi connectivity index (χ3n) is 3.43. The van der Waals surface area contributed by atoms with Crippen LogP contribution in [-0.4, -0.2) is 30.1 Å². The number of aryl methyl sites for hydroxylation is 1. The summed E-state index contributed by atoms with van der Waals surface area (Å²) in [6.45, 7) is 5.49. The second-order valence-electron chi connectivity index (χ2n) is 4.96. The standard InChI is InChI=1S/C18H18ClNO4/c1-4-23-17(21)14(18(22)24-5-2)10-13-11(3)12-8-6-7-9-15(12)20-16(13)19/h6-10H,4-5H2,1-3H3. The van der Waals surface area contributed by atoms with Crippen molar-refractivity contribution < 1.29 is 19.1 Å². The number of esters is 2. The Balaban J connectivity index is 2.61. The molecule has 6 heteroatoms. The lowest BCUT2D eigenvalue weighted by molar-refractivity contribution is -0.146. The van der Waals surface area contributed by atoms with Crippen LogP contribution in [0.15, 0.2) is 29.8 Å². The molecule has 24 heavy (non-hydrogen) atoms. The Morgan fingerprint density at radius 2 is 1.71 bits per heavy atom. The molecule has 2 rings (SSSR count). The summed E-state index contributed by atoms with van der Waals surface area (Å²) in [5.41, 5.74) is 1.84. The normalized spacial score (nSPS) is 10.3. The maximum absolute atomic E-state index is 12.1. The number of aromatic nitrogens is 1. The van der Waals surface area contributed by atoms with Gasteiger partial charge in [-0.25, -0.2) is 14.6 Å². The van der Waals surface area contributed by atoms with Crippen molar-refractivity contribution in [1.29, 1.82) is 0 Å². The Morgan fingerprint density at radius 3 is 2.29 bits per heavy atom. The third kappa shape index (κ3) is 3.74. The number of benzene rings is 1. The fraction of sp³-hybridized carbons (Fsp3) is 0.278. The quantitative estimate of drug-likeness (QED) is 0.271. The van der Waals surface area contributed by atoms with E-state index in [-0.39, 0.29) is 23.9 Å². The van der Waals surface area contributed by atoms with Crippen molar-refractivity contribution in [3.05, 3.63) is 46.1 Å². The molecule has 0 spiro atoms. The van der Waals surface area contributed by atoms with Gasteiger partial charge in [0.1, 0.15) is 10.7 Å². The van der Waals surface area contributed by atoms with E-state index >= 15 is 0 Å².